The zero-order chi connectivity index (χ0) is 30.1. The second kappa shape index (κ2) is 13.9. The molecule has 1 heterocycles. The molecule has 42 heavy (non-hydrogen) atoms. The van der Waals surface area contributed by atoms with E-state index in [1.165, 1.54) is 18.5 Å². The zero-order valence-electron chi connectivity index (χ0n) is 22.8. The van der Waals surface area contributed by atoms with Crippen molar-refractivity contribution in [3.05, 3.63) is 89.2 Å². The number of alkyl halides is 3. The molecule has 12 heteroatoms. The van der Waals surface area contributed by atoms with Crippen LogP contribution < -0.4 is 24.4 Å². The van der Waals surface area contributed by atoms with Crippen LogP contribution in [0.4, 0.5) is 30.5 Å². The summed E-state index contributed by atoms with van der Waals surface area (Å²) in [4.78, 5) is 23.0. The number of benzene rings is 3. The normalized spacial score (nSPS) is 11.1. The van der Waals surface area contributed by atoms with Crippen LogP contribution in [0.15, 0.2) is 73.1 Å². The first-order valence-electron chi connectivity index (χ1n) is 13.0. The monoisotopic (exact) mass is 600 g/mol. The van der Waals surface area contributed by atoms with Crippen molar-refractivity contribution in [2.75, 3.05) is 23.9 Å². The second-order valence-corrected chi connectivity index (χ2v) is 9.50. The Morgan fingerprint density at radius 3 is 2.43 bits per heavy atom. The van der Waals surface area contributed by atoms with E-state index in [1.807, 2.05) is 29.2 Å². The highest BCUT2D eigenvalue weighted by Gasteiger charge is 2.31. The van der Waals surface area contributed by atoms with E-state index in [1.54, 1.807) is 25.3 Å². The van der Waals surface area contributed by atoms with Gasteiger partial charge < -0.3 is 24.4 Å². The van der Waals surface area contributed by atoms with Crippen LogP contribution in [-0.2, 0) is 6.54 Å². The lowest BCUT2D eigenvalue weighted by molar-refractivity contribution is -0.274. The number of anilines is 3. The summed E-state index contributed by atoms with van der Waals surface area (Å²) >= 11 is 6.42. The number of hydrogen-bond acceptors (Lipinski definition) is 8. The third-order valence-corrected chi connectivity index (χ3v) is 6.35. The minimum absolute atomic E-state index is 0.104. The number of ether oxygens (including phenoxy) is 3. The highest BCUT2D eigenvalue weighted by Crippen LogP contribution is 2.35. The molecule has 0 spiro atoms. The molecular weight excluding hydrogens is 573 g/mol. The Kier molecular flexibility index (Phi) is 10.1. The van der Waals surface area contributed by atoms with E-state index in [4.69, 9.17) is 21.1 Å². The summed E-state index contributed by atoms with van der Waals surface area (Å²) in [6.07, 6.45) is -0.887. The largest absolute Gasteiger partial charge is 0.573 e. The number of carbonyl (C=O) groups is 1. The van der Waals surface area contributed by atoms with Gasteiger partial charge in [0.25, 0.3) is 0 Å². The quantitative estimate of drug-likeness (QED) is 0.154. The maximum atomic E-state index is 12.6. The standard InChI is InChI=1S/C30H28ClF3N4O4/c1-3-4-14-38(17-20-8-11-22(40-2)12-9-20)29-25(18-39)28(35-19-36-29)37-21-10-13-27(26(31)15-21)41-23-6-5-7-24(16-23)42-30(32,33)34/h5-13,15-16,18-19H,3-4,14,17H2,1-2H3,(H,35,36,37). The number of unbranched alkanes of at least 4 members (excludes halogenated alkanes) is 1. The third kappa shape index (κ3) is 8.26. The molecule has 220 valence electrons. The fourth-order valence-electron chi connectivity index (χ4n) is 4.07. The molecule has 0 amide bonds. The maximum Gasteiger partial charge on any atom is 0.573 e. The maximum absolute atomic E-state index is 12.6. The van der Waals surface area contributed by atoms with E-state index in [0.29, 0.717) is 30.9 Å². The number of halogens is 4. The van der Waals surface area contributed by atoms with Crippen LogP contribution in [0.1, 0.15) is 35.7 Å². The van der Waals surface area contributed by atoms with Crippen LogP contribution in [-0.4, -0.2) is 36.3 Å². The molecule has 0 aliphatic rings. The van der Waals surface area contributed by atoms with E-state index in [-0.39, 0.29) is 27.9 Å². The lowest BCUT2D eigenvalue weighted by Crippen LogP contribution is -2.26. The summed E-state index contributed by atoms with van der Waals surface area (Å²) in [7, 11) is 1.61. The predicted molar refractivity (Wildman–Crippen MR) is 154 cm³/mol. The van der Waals surface area contributed by atoms with Crippen molar-refractivity contribution in [3.8, 4) is 23.0 Å². The Balaban J connectivity index is 1.54. The minimum Gasteiger partial charge on any atom is -0.497 e. The molecule has 4 rings (SSSR count). The summed E-state index contributed by atoms with van der Waals surface area (Å²) in [5.41, 5.74) is 1.80. The van der Waals surface area contributed by atoms with Crippen molar-refractivity contribution >= 4 is 35.2 Å². The molecule has 0 bridgehead atoms. The number of rotatable bonds is 13. The molecule has 1 aromatic heterocycles. The lowest BCUT2D eigenvalue weighted by Gasteiger charge is -2.25. The van der Waals surface area contributed by atoms with Gasteiger partial charge in [-0.2, -0.15) is 0 Å². The topological polar surface area (TPSA) is 85.8 Å². The summed E-state index contributed by atoms with van der Waals surface area (Å²) in [5.74, 6) is 1.41. The van der Waals surface area contributed by atoms with Crippen molar-refractivity contribution < 1.29 is 32.2 Å². The van der Waals surface area contributed by atoms with Gasteiger partial charge >= 0.3 is 6.36 Å². The van der Waals surface area contributed by atoms with E-state index in [9.17, 15) is 18.0 Å². The van der Waals surface area contributed by atoms with Crippen LogP contribution in [0.3, 0.4) is 0 Å². The lowest BCUT2D eigenvalue weighted by atomic mass is 10.1. The molecule has 0 aliphatic heterocycles. The summed E-state index contributed by atoms with van der Waals surface area (Å²) in [6, 6.07) is 17.5. The first-order chi connectivity index (χ1) is 20.2. The molecule has 0 aliphatic carbocycles. The number of aromatic nitrogens is 2. The zero-order valence-corrected chi connectivity index (χ0v) is 23.6. The summed E-state index contributed by atoms with van der Waals surface area (Å²) in [5, 5.41) is 3.28. The number of hydrogen-bond donors (Lipinski definition) is 1. The molecule has 1 N–H and O–H groups in total. The third-order valence-electron chi connectivity index (χ3n) is 6.06. The van der Waals surface area contributed by atoms with Gasteiger partial charge in [0.1, 0.15) is 41.0 Å². The average Bonchev–Trinajstić information content (AvgIpc) is 2.96. The van der Waals surface area contributed by atoms with Crippen LogP contribution in [0.2, 0.25) is 5.02 Å². The SMILES string of the molecule is CCCCN(Cc1ccc(OC)cc1)c1ncnc(Nc2ccc(Oc3cccc(OC(F)(F)F)c3)c(Cl)c2)c1C=O. The number of nitrogens with one attached hydrogen (secondary N) is 1. The molecule has 0 fully saturated rings. The molecule has 0 saturated heterocycles. The number of carbonyl (C=O) groups excluding carboxylic acids is 1. The Hall–Kier alpha value is -4.51. The Bertz CT molecular complexity index is 1500. The molecule has 8 nitrogen and oxygen atoms in total. The first-order valence-corrected chi connectivity index (χ1v) is 13.3. The van der Waals surface area contributed by atoms with Crippen molar-refractivity contribution in [2.24, 2.45) is 0 Å². The fraction of sp³-hybridized carbons (Fsp3) is 0.233. The van der Waals surface area contributed by atoms with E-state index >= 15 is 0 Å². The summed E-state index contributed by atoms with van der Waals surface area (Å²) < 4.78 is 52.5. The molecule has 0 saturated carbocycles. The van der Waals surface area contributed by atoms with Gasteiger partial charge in [-0.25, -0.2) is 9.97 Å². The smallest absolute Gasteiger partial charge is 0.497 e. The average molecular weight is 601 g/mol. The molecule has 0 unspecified atom stereocenters. The van der Waals surface area contributed by atoms with E-state index in [2.05, 4.69) is 26.9 Å². The highest BCUT2D eigenvalue weighted by atomic mass is 35.5. The van der Waals surface area contributed by atoms with Gasteiger partial charge in [-0.05, 0) is 54.4 Å². The van der Waals surface area contributed by atoms with Gasteiger partial charge in [0.05, 0.1) is 17.7 Å². The minimum atomic E-state index is -4.83. The van der Waals surface area contributed by atoms with Gasteiger partial charge in [-0.15, -0.1) is 13.2 Å². The van der Waals surface area contributed by atoms with Crippen molar-refractivity contribution in [1.29, 1.82) is 0 Å². The van der Waals surface area contributed by atoms with Crippen molar-refractivity contribution in [2.45, 2.75) is 32.7 Å². The molecule has 4 aromatic rings. The summed E-state index contributed by atoms with van der Waals surface area (Å²) in [6.45, 7) is 3.28. The Labute approximate surface area is 246 Å². The Morgan fingerprint density at radius 2 is 1.76 bits per heavy atom. The number of aldehydes is 1. The fourth-order valence-corrected chi connectivity index (χ4v) is 4.29. The van der Waals surface area contributed by atoms with Crippen LogP contribution in [0, 0.1) is 0 Å². The van der Waals surface area contributed by atoms with Crippen LogP contribution in [0.25, 0.3) is 0 Å². The van der Waals surface area contributed by atoms with Gasteiger partial charge in [-0.1, -0.05) is 43.1 Å². The Morgan fingerprint density at radius 1 is 1.00 bits per heavy atom. The van der Waals surface area contributed by atoms with E-state index < -0.39 is 12.1 Å². The number of methoxy groups -OCH3 is 1. The second-order valence-electron chi connectivity index (χ2n) is 9.10. The van der Waals surface area contributed by atoms with Gasteiger partial charge in [-0.3, -0.25) is 4.79 Å². The van der Waals surface area contributed by atoms with Crippen LogP contribution in [0.5, 0.6) is 23.0 Å². The van der Waals surface area contributed by atoms with Gasteiger partial charge in [0.2, 0.25) is 0 Å². The number of nitrogens with zero attached hydrogens (tertiary/aromatic N) is 3. The van der Waals surface area contributed by atoms with Gasteiger partial charge in [0, 0.05) is 24.8 Å². The van der Waals surface area contributed by atoms with Crippen LogP contribution >= 0.6 is 11.6 Å². The molecular formula is C30H28ClF3N4O4. The van der Waals surface area contributed by atoms with E-state index in [0.717, 1.165) is 36.3 Å². The first kappa shape index (κ1) is 30.4. The molecule has 0 radical (unpaired) electrons. The van der Waals surface area contributed by atoms with Crippen molar-refractivity contribution in [3.63, 3.8) is 0 Å². The van der Waals surface area contributed by atoms with Crippen molar-refractivity contribution in [1.82, 2.24) is 9.97 Å². The molecule has 0 atom stereocenters. The highest BCUT2D eigenvalue weighted by molar-refractivity contribution is 6.32. The van der Waals surface area contributed by atoms with Gasteiger partial charge in [0.15, 0.2) is 6.29 Å². The predicted octanol–water partition coefficient (Wildman–Crippen LogP) is 8.19. The molecule has 3 aromatic carbocycles.